The lowest BCUT2D eigenvalue weighted by Gasteiger charge is -1.90. The van der Waals surface area contributed by atoms with E-state index in [-0.39, 0.29) is 0 Å². The molecule has 0 unspecified atom stereocenters. The van der Waals surface area contributed by atoms with Gasteiger partial charge in [0.15, 0.2) is 10.1 Å². The van der Waals surface area contributed by atoms with E-state index in [1.54, 1.807) is 41.5 Å². The number of furan rings is 1. The van der Waals surface area contributed by atoms with Gasteiger partial charge < -0.3 is 8.83 Å². The Morgan fingerprint density at radius 2 is 2.20 bits per heavy atom. The molecule has 3 heterocycles. The van der Waals surface area contributed by atoms with Crippen LogP contribution in [0.2, 0.25) is 0 Å². The van der Waals surface area contributed by atoms with Crippen LogP contribution in [0.15, 0.2) is 31.6 Å². The predicted octanol–water partition coefficient (Wildman–Crippen LogP) is 3.35. The number of aromatic nitrogens is 4. The second-order valence-electron chi connectivity index (χ2n) is 4.45. The fourth-order valence-corrected chi connectivity index (χ4v) is 3.58. The van der Waals surface area contributed by atoms with E-state index < -0.39 is 0 Å². The average Bonchev–Trinajstić information content (AvgIpc) is 2.93. The van der Waals surface area contributed by atoms with Gasteiger partial charge in [0.1, 0.15) is 5.01 Å². The van der Waals surface area contributed by atoms with Crippen LogP contribution in [-0.4, -0.2) is 20.4 Å². The first-order valence-electron chi connectivity index (χ1n) is 6.21. The van der Waals surface area contributed by atoms with Crippen LogP contribution in [0.25, 0.3) is 11.7 Å². The molecule has 20 heavy (non-hydrogen) atoms. The number of hydrogen-bond acceptors (Lipinski definition) is 8. The van der Waals surface area contributed by atoms with Crippen LogP contribution in [0.4, 0.5) is 0 Å². The molecular weight excluding hydrogens is 296 g/mol. The van der Waals surface area contributed by atoms with Crippen molar-refractivity contribution in [3.63, 3.8) is 0 Å². The molecule has 1 saturated carbocycles. The highest BCUT2D eigenvalue weighted by Gasteiger charge is 2.27. The van der Waals surface area contributed by atoms with E-state index in [2.05, 4.69) is 20.4 Å². The maximum absolute atomic E-state index is 5.54. The first-order chi connectivity index (χ1) is 9.88. The van der Waals surface area contributed by atoms with Gasteiger partial charge in [0.05, 0.1) is 12.0 Å². The first-order valence-corrected chi connectivity index (χ1v) is 8.01. The van der Waals surface area contributed by atoms with Gasteiger partial charge in [-0.3, -0.25) is 0 Å². The van der Waals surface area contributed by atoms with Crippen LogP contribution in [-0.2, 0) is 5.75 Å². The summed E-state index contributed by atoms with van der Waals surface area (Å²) in [6.07, 6.45) is 4.07. The molecule has 0 bridgehead atoms. The second kappa shape index (κ2) is 5.02. The monoisotopic (exact) mass is 306 g/mol. The van der Waals surface area contributed by atoms with Crippen LogP contribution in [0.3, 0.4) is 0 Å². The van der Waals surface area contributed by atoms with E-state index in [9.17, 15) is 0 Å². The van der Waals surface area contributed by atoms with Crippen LogP contribution < -0.4 is 0 Å². The van der Waals surface area contributed by atoms with Gasteiger partial charge in [0.25, 0.3) is 5.89 Å². The van der Waals surface area contributed by atoms with Crippen molar-refractivity contribution in [3.8, 4) is 11.7 Å². The second-order valence-corrected chi connectivity index (χ2v) is 6.68. The van der Waals surface area contributed by atoms with Gasteiger partial charge in [-0.15, -0.1) is 20.4 Å². The van der Waals surface area contributed by atoms with Crippen molar-refractivity contribution < 1.29 is 8.83 Å². The molecule has 8 heteroatoms. The summed E-state index contributed by atoms with van der Waals surface area (Å²) in [4.78, 5) is 0. The van der Waals surface area contributed by atoms with Gasteiger partial charge in [-0.1, -0.05) is 23.1 Å². The zero-order chi connectivity index (χ0) is 13.4. The van der Waals surface area contributed by atoms with Crippen LogP contribution >= 0.6 is 23.1 Å². The van der Waals surface area contributed by atoms with E-state index >= 15 is 0 Å². The molecule has 0 amide bonds. The minimum Gasteiger partial charge on any atom is -0.459 e. The summed E-state index contributed by atoms with van der Waals surface area (Å²) >= 11 is 3.23. The molecule has 1 aliphatic rings. The van der Waals surface area contributed by atoms with Crippen molar-refractivity contribution in [1.29, 1.82) is 0 Å². The molecule has 6 nitrogen and oxygen atoms in total. The lowest BCUT2D eigenvalue weighted by molar-refractivity contribution is 0.494. The number of thioether (sulfide) groups is 1. The smallest absolute Gasteiger partial charge is 0.283 e. The van der Waals surface area contributed by atoms with E-state index in [0.717, 1.165) is 9.35 Å². The average molecular weight is 306 g/mol. The Hall–Kier alpha value is -1.67. The Bertz CT molecular complexity index is 703. The molecule has 1 fully saturated rings. The van der Waals surface area contributed by atoms with Crippen molar-refractivity contribution >= 4 is 23.1 Å². The zero-order valence-corrected chi connectivity index (χ0v) is 12.0. The van der Waals surface area contributed by atoms with Crippen LogP contribution in [0, 0.1) is 0 Å². The lowest BCUT2D eigenvalue weighted by Crippen LogP contribution is -1.80. The Kier molecular flexibility index (Phi) is 3.04. The molecule has 4 rings (SSSR count). The molecule has 1 aliphatic carbocycles. The molecule has 3 aromatic rings. The maximum Gasteiger partial charge on any atom is 0.283 e. The summed E-state index contributed by atoms with van der Waals surface area (Å²) in [5, 5.41) is 17.5. The molecule has 0 spiro atoms. The predicted molar refractivity (Wildman–Crippen MR) is 73.4 cm³/mol. The van der Waals surface area contributed by atoms with Gasteiger partial charge in [-0.05, 0) is 25.0 Å². The summed E-state index contributed by atoms with van der Waals surface area (Å²) in [7, 11) is 0. The van der Waals surface area contributed by atoms with Crippen molar-refractivity contribution in [2.45, 2.75) is 28.9 Å². The molecule has 0 N–H and O–H groups in total. The summed E-state index contributed by atoms with van der Waals surface area (Å²) in [5.41, 5.74) is 0. The minimum atomic E-state index is 0.404. The van der Waals surface area contributed by atoms with Crippen molar-refractivity contribution in [1.82, 2.24) is 20.4 Å². The van der Waals surface area contributed by atoms with Gasteiger partial charge in [0.2, 0.25) is 5.89 Å². The number of rotatable bonds is 5. The summed E-state index contributed by atoms with van der Waals surface area (Å²) in [6, 6.07) is 3.58. The Balaban J connectivity index is 1.41. The third-order valence-corrected chi connectivity index (χ3v) is 5.07. The standard InChI is InChI=1S/C12H10N4O2S2/c1-2-8(17-5-1)10-14-13-9(18-10)6-19-12-16-15-11(20-12)7-3-4-7/h1-2,5,7H,3-4,6H2. The molecule has 3 aromatic heterocycles. The van der Waals surface area contributed by atoms with Gasteiger partial charge in [-0.2, -0.15) is 0 Å². The van der Waals surface area contributed by atoms with Crippen LogP contribution in [0.5, 0.6) is 0 Å². The number of nitrogens with zero attached hydrogens (tertiary/aromatic N) is 4. The molecule has 0 saturated heterocycles. The summed E-state index contributed by atoms with van der Waals surface area (Å²) in [6.45, 7) is 0. The molecular formula is C12H10N4O2S2. The third-order valence-electron chi connectivity index (χ3n) is 2.87. The van der Waals surface area contributed by atoms with Gasteiger partial charge in [0, 0.05) is 5.92 Å². The molecule has 0 aromatic carbocycles. The normalized spacial score (nSPS) is 14.8. The Morgan fingerprint density at radius 1 is 1.25 bits per heavy atom. The highest BCUT2D eigenvalue weighted by Crippen LogP contribution is 2.42. The first kappa shape index (κ1) is 12.1. The lowest BCUT2D eigenvalue weighted by atomic mass is 10.5. The summed E-state index contributed by atoms with van der Waals surface area (Å²) < 4.78 is 11.7. The van der Waals surface area contributed by atoms with E-state index in [0.29, 0.717) is 29.2 Å². The third kappa shape index (κ3) is 2.48. The molecule has 102 valence electrons. The van der Waals surface area contributed by atoms with Crippen molar-refractivity contribution in [2.24, 2.45) is 0 Å². The van der Waals surface area contributed by atoms with E-state index in [1.807, 2.05) is 0 Å². The molecule has 0 aliphatic heterocycles. The quantitative estimate of drug-likeness (QED) is 0.669. The number of hydrogen-bond donors (Lipinski definition) is 0. The molecule has 0 atom stereocenters. The highest BCUT2D eigenvalue weighted by molar-refractivity contribution is 8.00. The minimum absolute atomic E-state index is 0.404. The zero-order valence-electron chi connectivity index (χ0n) is 10.4. The van der Waals surface area contributed by atoms with Gasteiger partial charge >= 0.3 is 0 Å². The van der Waals surface area contributed by atoms with Crippen molar-refractivity contribution in [3.05, 3.63) is 29.3 Å². The van der Waals surface area contributed by atoms with E-state index in [4.69, 9.17) is 8.83 Å². The summed E-state index contributed by atoms with van der Waals surface area (Å²) in [5.74, 6) is 2.79. The topological polar surface area (TPSA) is 77.8 Å². The highest BCUT2D eigenvalue weighted by atomic mass is 32.2. The fraction of sp³-hybridized carbons (Fsp3) is 0.333. The maximum atomic E-state index is 5.54. The van der Waals surface area contributed by atoms with Crippen molar-refractivity contribution in [2.75, 3.05) is 0 Å². The Morgan fingerprint density at radius 3 is 3.00 bits per heavy atom. The Labute approximate surface area is 122 Å². The molecule has 0 radical (unpaired) electrons. The van der Waals surface area contributed by atoms with Gasteiger partial charge in [-0.25, -0.2) is 0 Å². The van der Waals surface area contributed by atoms with E-state index in [1.165, 1.54) is 12.8 Å². The SMILES string of the molecule is c1coc(-c2nnc(CSc3nnc(C4CC4)s3)o2)c1. The largest absolute Gasteiger partial charge is 0.459 e. The van der Waals surface area contributed by atoms with Crippen LogP contribution in [0.1, 0.15) is 29.7 Å². The fourth-order valence-electron chi connectivity index (χ4n) is 1.71.